The summed E-state index contributed by atoms with van der Waals surface area (Å²) >= 11 is 6.67. The first-order valence-electron chi connectivity index (χ1n) is 10.6. The van der Waals surface area contributed by atoms with Gasteiger partial charge in [0.15, 0.2) is 5.82 Å². The Bertz CT molecular complexity index is 1080. The summed E-state index contributed by atoms with van der Waals surface area (Å²) in [4.78, 5) is 21.7. The largest absolute Gasteiger partial charge is 0.343 e. The number of hydrogen-bond donors (Lipinski definition) is 2. The van der Waals surface area contributed by atoms with Crippen molar-refractivity contribution in [2.45, 2.75) is 37.6 Å². The van der Waals surface area contributed by atoms with Gasteiger partial charge in [-0.3, -0.25) is 4.79 Å². The van der Waals surface area contributed by atoms with Crippen molar-refractivity contribution in [2.75, 3.05) is 19.6 Å². The molecule has 5 rings (SSSR count). The topological polar surface area (TPSA) is 61.0 Å². The fourth-order valence-corrected chi connectivity index (χ4v) is 5.14. The molecule has 4 heterocycles. The van der Waals surface area contributed by atoms with Crippen LogP contribution in [0, 0.1) is 5.82 Å². The number of piperidine rings is 1. The molecule has 1 amide bonds. The zero-order valence-corrected chi connectivity index (χ0v) is 17.4. The van der Waals surface area contributed by atoms with Crippen molar-refractivity contribution in [3.8, 4) is 11.1 Å². The van der Waals surface area contributed by atoms with Gasteiger partial charge in [-0.15, -0.1) is 0 Å². The van der Waals surface area contributed by atoms with Gasteiger partial charge in [-0.05, 0) is 67.0 Å². The molecule has 0 aliphatic carbocycles. The third kappa shape index (κ3) is 3.48. The van der Waals surface area contributed by atoms with E-state index in [2.05, 4.69) is 21.4 Å². The monoisotopic (exact) mass is 426 g/mol. The lowest BCUT2D eigenvalue weighted by molar-refractivity contribution is -0.134. The van der Waals surface area contributed by atoms with Gasteiger partial charge in [-0.1, -0.05) is 23.7 Å². The molecule has 2 aromatic heterocycles. The Labute approximate surface area is 179 Å². The fourth-order valence-electron chi connectivity index (χ4n) is 4.81. The standard InChI is InChI=1S/C23H24ClFN4O/c24-18-12-15(17-5-9-27-22-21(17)19(25)13-28-22)3-4-16(18)14-6-10-29(11-7-14)23(30)20-2-1-8-26-20/h3-5,9,12-14,20,26H,1-2,6-8,10-11H2,(H,27,28)/t20-/m1/s1. The smallest absolute Gasteiger partial charge is 0.239 e. The molecule has 0 spiro atoms. The normalized spacial score (nSPS) is 20.2. The molecule has 1 atom stereocenters. The highest BCUT2D eigenvalue weighted by atomic mass is 35.5. The molecule has 2 aliphatic heterocycles. The van der Waals surface area contributed by atoms with Crippen LogP contribution in [0.1, 0.15) is 37.2 Å². The van der Waals surface area contributed by atoms with Crippen molar-refractivity contribution in [2.24, 2.45) is 0 Å². The summed E-state index contributed by atoms with van der Waals surface area (Å²) in [6, 6.07) is 7.77. The van der Waals surface area contributed by atoms with Gasteiger partial charge < -0.3 is 15.2 Å². The number of pyridine rings is 1. The molecule has 2 N–H and O–H groups in total. The van der Waals surface area contributed by atoms with E-state index in [1.54, 1.807) is 6.20 Å². The Kier molecular flexibility index (Phi) is 5.21. The minimum absolute atomic E-state index is 0.00422. The number of aromatic nitrogens is 2. The zero-order valence-electron chi connectivity index (χ0n) is 16.6. The Morgan fingerprint density at radius 2 is 2.03 bits per heavy atom. The highest BCUT2D eigenvalue weighted by Gasteiger charge is 2.30. The van der Waals surface area contributed by atoms with E-state index in [-0.39, 0.29) is 17.8 Å². The van der Waals surface area contributed by atoms with E-state index in [0.29, 0.717) is 22.0 Å². The van der Waals surface area contributed by atoms with E-state index < -0.39 is 0 Å². The molecule has 1 aromatic carbocycles. The van der Waals surface area contributed by atoms with Crippen LogP contribution in [0.25, 0.3) is 22.2 Å². The third-order valence-corrected chi connectivity index (χ3v) is 6.77. The molecule has 0 bridgehead atoms. The lowest BCUT2D eigenvalue weighted by Crippen LogP contribution is -2.46. The van der Waals surface area contributed by atoms with Crippen LogP contribution < -0.4 is 5.32 Å². The number of amides is 1. The molecule has 7 heteroatoms. The van der Waals surface area contributed by atoms with Gasteiger partial charge in [0, 0.05) is 30.5 Å². The molecule has 0 saturated carbocycles. The average molecular weight is 427 g/mol. The van der Waals surface area contributed by atoms with Crippen LogP contribution in [0.5, 0.6) is 0 Å². The number of H-pyrrole nitrogens is 1. The minimum atomic E-state index is -0.318. The summed E-state index contributed by atoms with van der Waals surface area (Å²) in [6.45, 7) is 2.46. The molecule has 2 aliphatic rings. The van der Waals surface area contributed by atoms with Crippen LogP contribution in [0.3, 0.4) is 0 Å². The first kappa shape index (κ1) is 19.5. The second-order valence-corrected chi connectivity index (χ2v) is 8.61. The van der Waals surface area contributed by atoms with E-state index >= 15 is 0 Å². The maximum absolute atomic E-state index is 14.2. The number of hydrogen-bond acceptors (Lipinski definition) is 3. The summed E-state index contributed by atoms with van der Waals surface area (Å²) in [6.07, 6.45) is 6.82. The van der Waals surface area contributed by atoms with Crippen LogP contribution >= 0.6 is 11.6 Å². The van der Waals surface area contributed by atoms with E-state index in [4.69, 9.17) is 11.6 Å². The number of carbonyl (C=O) groups excluding carboxylic acids is 1. The molecule has 3 aromatic rings. The minimum Gasteiger partial charge on any atom is -0.343 e. The zero-order chi connectivity index (χ0) is 20.7. The SMILES string of the molecule is O=C([C@H]1CCCN1)N1CCC(c2ccc(-c3ccnc4[nH]cc(F)c34)cc2Cl)CC1. The Morgan fingerprint density at radius 3 is 2.77 bits per heavy atom. The number of benzene rings is 1. The number of nitrogens with one attached hydrogen (secondary N) is 2. The van der Waals surface area contributed by atoms with Crippen molar-refractivity contribution in [1.29, 1.82) is 0 Å². The van der Waals surface area contributed by atoms with Gasteiger partial charge in [-0.2, -0.15) is 0 Å². The summed E-state index contributed by atoms with van der Waals surface area (Å²) in [5, 5.41) is 4.47. The van der Waals surface area contributed by atoms with Crippen LogP contribution in [-0.2, 0) is 4.79 Å². The molecule has 2 fully saturated rings. The summed E-state index contributed by atoms with van der Waals surface area (Å²) in [7, 11) is 0. The predicted molar refractivity (Wildman–Crippen MR) is 116 cm³/mol. The van der Waals surface area contributed by atoms with Crippen molar-refractivity contribution in [3.63, 3.8) is 0 Å². The lowest BCUT2D eigenvalue weighted by Gasteiger charge is -2.34. The number of likely N-dealkylation sites (tertiary alicyclic amines) is 1. The van der Waals surface area contributed by atoms with Gasteiger partial charge in [0.25, 0.3) is 0 Å². The summed E-state index contributed by atoms with van der Waals surface area (Å²) < 4.78 is 14.2. The maximum Gasteiger partial charge on any atom is 0.239 e. The Hall–Kier alpha value is -2.44. The van der Waals surface area contributed by atoms with Crippen molar-refractivity contribution < 1.29 is 9.18 Å². The number of nitrogens with zero attached hydrogens (tertiary/aromatic N) is 2. The van der Waals surface area contributed by atoms with Crippen LogP contribution in [-0.4, -0.2) is 46.5 Å². The molecular weight excluding hydrogens is 403 g/mol. The van der Waals surface area contributed by atoms with Gasteiger partial charge in [-0.25, -0.2) is 9.37 Å². The average Bonchev–Trinajstić information content (AvgIpc) is 3.44. The van der Waals surface area contributed by atoms with E-state index in [1.807, 2.05) is 23.1 Å². The molecule has 156 valence electrons. The van der Waals surface area contributed by atoms with Gasteiger partial charge in [0.2, 0.25) is 5.91 Å². The highest BCUT2D eigenvalue weighted by Crippen LogP contribution is 2.37. The number of carbonyl (C=O) groups is 1. The molecule has 2 saturated heterocycles. The number of aromatic amines is 1. The molecular formula is C23H24ClFN4O. The summed E-state index contributed by atoms with van der Waals surface area (Å²) in [5.74, 6) is 0.248. The maximum atomic E-state index is 14.2. The van der Waals surface area contributed by atoms with Crippen molar-refractivity contribution >= 4 is 28.5 Å². The van der Waals surface area contributed by atoms with E-state index in [9.17, 15) is 9.18 Å². The molecule has 30 heavy (non-hydrogen) atoms. The first-order valence-corrected chi connectivity index (χ1v) is 10.9. The second-order valence-electron chi connectivity index (χ2n) is 8.20. The van der Waals surface area contributed by atoms with Crippen LogP contribution in [0.2, 0.25) is 5.02 Å². The predicted octanol–water partition coefficient (Wildman–Crippen LogP) is 4.48. The fraction of sp³-hybridized carbons (Fsp3) is 0.391. The van der Waals surface area contributed by atoms with E-state index in [0.717, 1.165) is 62.0 Å². The second kappa shape index (κ2) is 8.00. The molecule has 5 nitrogen and oxygen atoms in total. The number of halogens is 2. The van der Waals surface area contributed by atoms with Gasteiger partial charge in [0.05, 0.1) is 11.4 Å². The van der Waals surface area contributed by atoms with Crippen LogP contribution in [0.4, 0.5) is 4.39 Å². The quantitative estimate of drug-likeness (QED) is 0.649. The Balaban J connectivity index is 1.33. The molecule has 0 radical (unpaired) electrons. The van der Waals surface area contributed by atoms with Crippen molar-refractivity contribution in [1.82, 2.24) is 20.2 Å². The summed E-state index contributed by atoms with van der Waals surface area (Å²) in [5.41, 5.74) is 3.27. The highest BCUT2D eigenvalue weighted by molar-refractivity contribution is 6.31. The third-order valence-electron chi connectivity index (χ3n) is 6.44. The first-order chi connectivity index (χ1) is 14.6. The molecule has 0 unspecified atom stereocenters. The van der Waals surface area contributed by atoms with Crippen LogP contribution in [0.15, 0.2) is 36.7 Å². The van der Waals surface area contributed by atoms with Crippen molar-refractivity contribution in [3.05, 3.63) is 53.1 Å². The number of rotatable bonds is 3. The number of fused-ring (bicyclic) bond motifs is 1. The lowest BCUT2D eigenvalue weighted by atomic mass is 9.88. The Morgan fingerprint density at radius 1 is 1.20 bits per heavy atom. The van der Waals surface area contributed by atoms with Gasteiger partial charge >= 0.3 is 0 Å². The van der Waals surface area contributed by atoms with E-state index in [1.165, 1.54) is 6.20 Å². The van der Waals surface area contributed by atoms with Gasteiger partial charge in [0.1, 0.15) is 5.65 Å².